The summed E-state index contributed by atoms with van der Waals surface area (Å²) in [4.78, 5) is 26.4. The molecule has 0 bridgehead atoms. The first kappa shape index (κ1) is 14.8. The Kier molecular flexibility index (Phi) is 3.98. The Bertz CT molecular complexity index is 680. The van der Waals surface area contributed by atoms with Crippen LogP contribution in [0.25, 0.3) is 10.6 Å². The second kappa shape index (κ2) is 5.92. The normalized spacial score (nSPS) is 21.8. The lowest BCUT2D eigenvalue weighted by molar-refractivity contribution is -0.144. The molecule has 2 N–H and O–H groups in total. The molecule has 1 amide bonds. The van der Waals surface area contributed by atoms with E-state index in [0.717, 1.165) is 17.0 Å². The maximum absolute atomic E-state index is 12.6. The van der Waals surface area contributed by atoms with Crippen LogP contribution in [0.5, 0.6) is 0 Å². The zero-order valence-electron chi connectivity index (χ0n) is 12.2. The number of aliphatic carboxylic acids is 1. The highest BCUT2D eigenvalue weighted by Gasteiger charge is 2.35. The summed E-state index contributed by atoms with van der Waals surface area (Å²) in [6.45, 7) is 2.47. The van der Waals surface area contributed by atoms with Crippen LogP contribution in [0.15, 0.2) is 23.6 Å². The van der Waals surface area contributed by atoms with Crippen molar-refractivity contribution in [3.63, 3.8) is 0 Å². The van der Waals surface area contributed by atoms with Crippen LogP contribution in [-0.2, 0) is 4.79 Å². The van der Waals surface area contributed by atoms with Gasteiger partial charge in [-0.25, -0.2) is 4.79 Å². The van der Waals surface area contributed by atoms with Crippen molar-refractivity contribution in [1.29, 1.82) is 0 Å². The first-order chi connectivity index (χ1) is 10.6. The smallest absolute Gasteiger partial charge is 0.326 e. The average Bonchev–Trinajstić information content (AvgIpc) is 3.17. The molecule has 116 valence electrons. The largest absolute Gasteiger partial charge is 0.480 e. The molecule has 6 nitrogen and oxygen atoms in total. The maximum atomic E-state index is 12.6. The van der Waals surface area contributed by atoms with Crippen LogP contribution in [0.2, 0.25) is 0 Å². The van der Waals surface area contributed by atoms with Crippen LogP contribution in [0.3, 0.4) is 0 Å². The molecule has 1 saturated heterocycles. The van der Waals surface area contributed by atoms with Crippen LogP contribution in [-0.4, -0.2) is 44.7 Å². The molecule has 0 aliphatic carbocycles. The van der Waals surface area contributed by atoms with Gasteiger partial charge >= 0.3 is 5.97 Å². The lowest BCUT2D eigenvalue weighted by Crippen LogP contribution is -2.49. The van der Waals surface area contributed by atoms with E-state index < -0.39 is 12.0 Å². The minimum atomic E-state index is -0.950. The molecule has 0 spiro atoms. The number of carboxylic acid groups (broad SMARTS) is 1. The van der Waals surface area contributed by atoms with Gasteiger partial charge in [-0.3, -0.25) is 9.89 Å². The number of carboxylic acids is 1. The fourth-order valence-corrected chi connectivity index (χ4v) is 3.45. The van der Waals surface area contributed by atoms with Crippen molar-refractivity contribution in [3.8, 4) is 10.6 Å². The summed E-state index contributed by atoms with van der Waals surface area (Å²) in [6, 6.07) is 4.78. The molecule has 0 radical (unpaired) electrons. The number of carbonyl (C=O) groups excluding carboxylic acids is 1. The topological polar surface area (TPSA) is 86.3 Å². The van der Waals surface area contributed by atoms with Crippen molar-refractivity contribution in [1.82, 2.24) is 15.1 Å². The van der Waals surface area contributed by atoms with E-state index >= 15 is 0 Å². The number of nitrogens with zero attached hydrogens (tertiary/aromatic N) is 2. The van der Waals surface area contributed by atoms with E-state index in [1.165, 1.54) is 4.90 Å². The molecule has 1 aliphatic rings. The van der Waals surface area contributed by atoms with Gasteiger partial charge in [0.25, 0.3) is 5.91 Å². The summed E-state index contributed by atoms with van der Waals surface area (Å²) in [7, 11) is 0. The van der Waals surface area contributed by atoms with Crippen LogP contribution in [0.4, 0.5) is 0 Å². The molecule has 3 heterocycles. The molecule has 0 saturated carbocycles. The van der Waals surface area contributed by atoms with E-state index in [1.807, 2.05) is 24.4 Å². The predicted molar refractivity (Wildman–Crippen MR) is 82.8 cm³/mol. The van der Waals surface area contributed by atoms with E-state index in [9.17, 15) is 14.7 Å². The van der Waals surface area contributed by atoms with Crippen LogP contribution in [0, 0.1) is 5.92 Å². The predicted octanol–water partition coefficient (Wildman–Crippen LogP) is 2.46. The van der Waals surface area contributed by atoms with Gasteiger partial charge in [0, 0.05) is 6.54 Å². The number of nitrogens with one attached hydrogen (secondary N) is 1. The zero-order valence-corrected chi connectivity index (χ0v) is 13.0. The number of rotatable bonds is 3. The molecule has 1 fully saturated rings. The Morgan fingerprint density at radius 2 is 2.32 bits per heavy atom. The van der Waals surface area contributed by atoms with Crippen molar-refractivity contribution in [2.75, 3.05) is 6.54 Å². The number of likely N-dealkylation sites (tertiary alicyclic amines) is 1. The van der Waals surface area contributed by atoms with Gasteiger partial charge in [0.1, 0.15) is 6.04 Å². The van der Waals surface area contributed by atoms with Crippen molar-refractivity contribution in [2.45, 2.75) is 25.8 Å². The quantitative estimate of drug-likeness (QED) is 0.910. The van der Waals surface area contributed by atoms with Gasteiger partial charge in [-0.15, -0.1) is 11.3 Å². The summed E-state index contributed by atoms with van der Waals surface area (Å²) >= 11 is 1.55. The molecule has 0 aromatic carbocycles. The Morgan fingerprint density at radius 1 is 1.50 bits per heavy atom. The number of aromatic nitrogens is 2. The SMILES string of the molecule is CC1CCN(C(=O)c2cc(-c3cccs3)[nH]n2)C(C(=O)O)C1. The summed E-state index contributed by atoms with van der Waals surface area (Å²) in [5, 5.41) is 18.2. The van der Waals surface area contributed by atoms with Gasteiger partial charge in [0.05, 0.1) is 10.6 Å². The standard InChI is InChI=1S/C15H17N3O3S/c1-9-4-5-18(12(7-9)15(20)21)14(19)11-8-10(16-17-11)13-3-2-6-22-13/h2-3,6,8-9,12H,4-5,7H2,1H3,(H,16,17)(H,20,21). The molecule has 2 aromatic heterocycles. The Morgan fingerprint density at radius 3 is 3.00 bits per heavy atom. The van der Waals surface area contributed by atoms with Crippen LogP contribution < -0.4 is 0 Å². The zero-order chi connectivity index (χ0) is 15.7. The van der Waals surface area contributed by atoms with Gasteiger partial charge in [-0.05, 0) is 36.3 Å². The van der Waals surface area contributed by atoms with Crippen molar-refractivity contribution in [2.24, 2.45) is 5.92 Å². The Balaban J connectivity index is 1.82. The van der Waals surface area contributed by atoms with E-state index in [0.29, 0.717) is 18.9 Å². The number of hydrogen-bond acceptors (Lipinski definition) is 4. The summed E-state index contributed by atoms with van der Waals surface area (Å²) in [5.41, 5.74) is 1.04. The number of aromatic amines is 1. The van der Waals surface area contributed by atoms with Crippen molar-refractivity contribution >= 4 is 23.2 Å². The number of thiophene rings is 1. The number of piperidine rings is 1. The molecular weight excluding hydrogens is 302 g/mol. The lowest BCUT2D eigenvalue weighted by Gasteiger charge is -2.35. The molecule has 22 heavy (non-hydrogen) atoms. The second-order valence-electron chi connectivity index (χ2n) is 5.63. The Hall–Kier alpha value is -2.15. The third-order valence-corrected chi connectivity index (χ3v) is 4.90. The minimum absolute atomic E-state index is 0.268. The molecule has 2 unspecified atom stereocenters. The first-order valence-electron chi connectivity index (χ1n) is 7.19. The van der Waals surface area contributed by atoms with Crippen molar-refractivity contribution in [3.05, 3.63) is 29.3 Å². The highest BCUT2D eigenvalue weighted by Crippen LogP contribution is 2.26. The van der Waals surface area contributed by atoms with Crippen molar-refractivity contribution < 1.29 is 14.7 Å². The average molecular weight is 319 g/mol. The van der Waals surface area contributed by atoms with Gasteiger partial charge in [0.15, 0.2) is 5.69 Å². The van der Waals surface area contributed by atoms with Crippen LogP contribution in [0.1, 0.15) is 30.3 Å². The fraction of sp³-hybridized carbons (Fsp3) is 0.400. The van der Waals surface area contributed by atoms with Gasteiger partial charge in [-0.2, -0.15) is 5.10 Å². The first-order valence-corrected chi connectivity index (χ1v) is 8.07. The summed E-state index contributed by atoms with van der Waals surface area (Å²) in [6.07, 6.45) is 1.31. The van der Waals surface area contributed by atoms with E-state index in [-0.39, 0.29) is 11.6 Å². The molecular formula is C15H17N3O3S. The lowest BCUT2D eigenvalue weighted by atomic mass is 9.92. The minimum Gasteiger partial charge on any atom is -0.480 e. The van der Waals surface area contributed by atoms with Gasteiger partial charge in [0.2, 0.25) is 0 Å². The number of hydrogen-bond donors (Lipinski definition) is 2. The molecule has 3 rings (SSSR count). The monoisotopic (exact) mass is 319 g/mol. The third kappa shape index (κ3) is 2.76. The van der Waals surface area contributed by atoms with E-state index in [2.05, 4.69) is 10.2 Å². The molecule has 1 aliphatic heterocycles. The molecule has 2 aromatic rings. The van der Waals surface area contributed by atoms with Gasteiger partial charge in [-0.1, -0.05) is 13.0 Å². The second-order valence-corrected chi connectivity index (χ2v) is 6.57. The summed E-state index contributed by atoms with van der Waals surface area (Å²) < 4.78 is 0. The van der Waals surface area contributed by atoms with E-state index in [4.69, 9.17) is 0 Å². The fourth-order valence-electron chi connectivity index (χ4n) is 2.76. The number of carbonyl (C=O) groups is 2. The molecule has 2 atom stereocenters. The van der Waals surface area contributed by atoms with Crippen LogP contribution >= 0.6 is 11.3 Å². The highest BCUT2D eigenvalue weighted by molar-refractivity contribution is 7.13. The maximum Gasteiger partial charge on any atom is 0.326 e. The van der Waals surface area contributed by atoms with E-state index in [1.54, 1.807) is 17.4 Å². The van der Waals surface area contributed by atoms with Gasteiger partial charge < -0.3 is 10.0 Å². The summed E-state index contributed by atoms with van der Waals surface area (Å²) in [5.74, 6) is -0.960. The number of amides is 1. The third-order valence-electron chi connectivity index (χ3n) is 3.99. The Labute approximate surface area is 131 Å². The number of H-pyrrole nitrogens is 1. The molecule has 7 heteroatoms. The highest BCUT2D eigenvalue weighted by atomic mass is 32.1.